The minimum Gasteiger partial charge on any atom is -0.463 e. The van der Waals surface area contributed by atoms with Gasteiger partial charge in [0.1, 0.15) is 0 Å². The van der Waals surface area contributed by atoms with Gasteiger partial charge < -0.3 is 18.6 Å². The third-order valence-electron chi connectivity index (χ3n) is 3.87. The highest BCUT2D eigenvalue weighted by molar-refractivity contribution is 6.74. The molecule has 28 heavy (non-hydrogen) atoms. The van der Waals surface area contributed by atoms with Gasteiger partial charge >= 0.3 is 17.9 Å². The normalized spacial score (nSPS) is 10.7. The fraction of sp³-hybridized carbons (Fsp3) is 0.550. The van der Waals surface area contributed by atoms with E-state index in [-0.39, 0.29) is 19.8 Å². The molecule has 0 rings (SSSR count). The zero-order chi connectivity index (χ0) is 21.7. The quantitative estimate of drug-likeness (QED) is 0.187. The zero-order valence-corrected chi connectivity index (χ0v) is 18.4. The first-order valence-electron chi connectivity index (χ1n) is 9.16. The van der Waals surface area contributed by atoms with Crippen molar-refractivity contribution in [3.05, 3.63) is 36.5 Å². The van der Waals surface area contributed by atoms with Crippen LogP contribution in [0.1, 0.15) is 27.7 Å². The maximum absolute atomic E-state index is 11.6. The Bertz CT molecular complexity index is 531. The number of carbonyl (C=O) groups is 3. The predicted octanol–water partition coefficient (Wildman–Crippen LogP) is 3.33. The van der Waals surface area contributed by atoms with Crippen LogP contribution in [0.2, 0.25) is 18.1 Å². The van der Waals surface area contributed by atoms with Crippen LogP contribution in [0.15, 0.2) is 36.5 Å². The molecule has 0 spiro atoms. The molecule has 0 aliphatic rings. The van der Waals surface area contributed by atoms with Gasteiger partial charge in [-0.3, -0.25) is 0 Å². The molecule has 0 aromatic rings. The molecule has 7 nitrogen and oxygen atoms in total. The van der Waals surface area contributed by atoms with Gasteiger partial charge in [0, 0.05) is 41.5 Å². The molecule has 0 aromatic carbocycles. The van der Waals surface area contributed by atoms with Crippen molar-refractivity contribution in [3.63, 3.8) is 0 Å². The van der Waals surface area contributed by atoms with Crippen LogP contribution in [0.5, 0.6) is 0 Å². The van der Waals surface area contributed by atoms with Gasteiger partial charge in [-0.1, -0.05) is 19.7 Å². The first kappa shape index (κ1) is 25.8. The van der Waals surface area contributed by atoms with Crippen LogP contribution in [0.4, 0.5) is 0 Å². The van der Waals surface area contributed by atoms with E-state index in [1.54, 1.807) is 20.8 Å². The van der Waals surface area contributed by atoms with Crippen molar-refractivity contribution in [1.29, 1.82) is 0 Å². The van der Waals surface area contributed by atoms with Crippen LogP contribution in [0, 0.1) is 0 Å². The number of rotatable bonds is 14. The first-order valence-corrected chi connectivity index (χ1v) is 11.7. The average Bonchev–Trinajstić information content (AvgIpc) is 2.61. The summed E-state index contributed by atoms with van der Waals surface area (Å²) in [5.41, 5.74) is 0.943. The molecule has 0 aliphatic carbocycles. The summed E-state index contributed by atoms with van der Waals surface area (Å²) >= 11 is 0. The van der Waals surface area contributed by atoms with Crippen molar-refractivity contribution in [2.24, 2.45) is 0 Å². The standard InChI is InChI=1S/C20H32O7Si/c1-8-27-28(12-9-24-18(21)15(2)3,13-10-25-19(22)16(4)5)14-11-26-20(23)17(6)7/h2,4,6,8-14H2,1,3,5,7H3. The second-order valence-electron chi connectivity index (χ2n) is 6.61. The van der Waals surface area contributed by atoms with Gasteiger partial charge in [-0.2, -0.15) is 0 Å². The fourth-order valence-electron chi connectivity index (χ4n) is 2.26. The Morgan fingerprint density at radius 1 is 0.679 bits per heavy atom. The highest BCUT2D eigenvalue weighted by atomic mass is 28.4. The molecule has 0 unspecified atom stereocenters. The van der Waals surface area contributed by atoms with Gasteiger partial charge in [0.05, 0.1) is 19.8 Å². The molecule has 0 heterocycles. The topological polar surface area (TPSA) is 88.1 Å². The van der Waals surface area contributed by atoms with Crippen LogP contribution in [-0.2, 0) is 33.0 Å². The van der Waals surface area contributed by atoms with Crippen molar-refractivity contribution < 1.29 is 33.0 Å². The third kappa shape index (κ3) is 10.2. The summed E-state index contributed by atoms with van der Waals surface area (Å²) in [5, 5.41) is 0. The highest BCUT2D eigenvalue weighted by Gasteiger charge is 2.35. The Morgan fingerprint density at radius 2 is 0.964 bits per heavy atom. The lowest BCUT2D eigenvalue weighted by molar-refractivity contribution is -0.139. The summed E-state index contributed by atoms with van der Waals surface area (Å²) < 4.78 is 21.7. The lowest BCUT2D eigenvalue weighted by Crippen LogP contribution is -2.42. The molecule has 0 amide bonds. The van der Waals surface area contributed by atoms with Gasteiger partial charge in [0.25, 0.3) is 0 Å². The van der Waals surface area contributed by atoms with E-state index in [1.807, 2.05) is 6.92 Å². The molecule has 8 heteroatoms. The molecule has 0 aromatic heterocycles. The van der Waals surface area contributed by atoms with Crippen molar-refractivity contribution >= 4 is 26.2 Å². The molecule has 0 saturated heterocycles. The van der Waals surface area contributed by atoms with Crippen molar-refractivity contribution in [1.82, 2.24) is 0 Å². The average molecular weight is 413 g/mol. The van der Waals surface area contributed by atoms with Crippen molar-refractivity contribution in [2.75, 3.05) is 26.4 Å². The van der Waals surface area contributed by atoms with Crippen LogP contribution in [0.3, 0.4) is 0 Å². The number of esters is 3. The summed E-state index contributed by atoms with van der Waals surface area (Å²) in [7, 11) is -2.52. The first-order chi connectivity index (χ1) is 13.0. The Morgan fingerprint density at radius 3 is 1.18 bits per heavy atom. The number of hydrogen-bond donors (Lipinski definition) is 0. The van der Waals surface area contributed by atoms with Crippen LogP contribution in [0.25, 0.3) is 0 Å². The zero-order valence-electron chi connectivity index (χ0n) is 17.4. The Balaban J connectivity index is 5.05. The van der Waals surface area contributed by atoms with Crippen molar-refractivity contribution in [2.45, 2.75) is 45.8 Å². The molecular weight excluding hydrogens is 380 g/mol. The molecule has 0 bridgehead atoms. The van der Waals surface area contributed by atoms with E-state index < -0.39 is 26.2 Å². The summed E-state index contributed by atoms with van der Waals surface area (Å²) in [6.45, 7) is 18.1. The second-order valence-corrected chi connectivity index (χ2v) is 10.8. The minimum atomic E-state index is -2.52. The summed E-state index contributed by atoms with van der Waals surface area (Å²) in [4.78, 5) is 34.9. The van der Waals surface area contributed by atoms with E-state index in [2.05, 4.69) is 19.7 Å². The van der Waals surface area contributed by atoms with Gasteiger partial charge in [-0.05, 0) is 27.7 Å². The maximum atomic E-state index is 11.6. The van der Waals surface area contributed by atoms with Crippen LogP contribution >= 0.6 is 0 Å². The summed E-state index contributed by atoms with van der Waals surface area (Å²) in [5.74, 6) is -1.41. The van der Waals surface area contributed by atoms with E-state index >= 15 is 0 Å². The number of hydrogen-bond acceptors (Lipinski definition) is 7. The molecule has 0 atom stereocenters. The van der Waals surface area contributed by atoms with Crippen LogP contribution < -0.4 is 0 Å². The Hall–Kier alpha value is -2.19. The van der Waals surface area contributed by atoms with Gasteiger partial charge in [-0.15, -0.1) is 0 Å². The van der Waals surface area contributed by atoms with Gasteiger partial charge in [-0.25, -0.2) is 14.4 Å². The van der Waals surface area contributed by atoms with Crippen molar-refractivity contribution in [3.8, 4) is 0 Å². The van der Waals surface area contributed by atoms with E-state index in [4.69, 9.17) is 18.6 Å². The molecule has 0 radical (unpaired) electrons. The lowest BCUT2D eigenvalue weighted by Gasteiger charge is -2.30. The SMILES string of the molecule is C=C(C)C(=O)OCC[Si](CCOC(=O)C(=C)C)(CCOC(=O)C(=C)C)OCC. The fourth-order valence-corrected chi connectivity index (χ4v) is 5.47. The van der Waals surface area contributed by atoms with E-state index in [0.717, 1.165) is 0 Å². The summed E-state index contributed by atoms with van der Waals surface area (Å²) in [6, 6.07) is 1.44. The van der Waals surface area contributed by atoms with E-state index in [1.165, 1.54) is 0 Å². The highest BCUT2D eigenvalue weighted by Crippen LogP contribution is 2.24. The molecular formula is C20H32O7Si. The molecule has 0 saturated carbocycles. The number of carbonyl (C=O) groups excluding carboxylic acids is 3. The molecule has 158 valence electrons. The lowest BCUT2D eigenvalue weighted by atomic mass is 10.4. The maximum Gasteiger partial charge on any atom is 0.333 e. The van der Waals surface area contributed by atoms with Crippen LogP contribution in [-0.4, -0.2) is 52.7 Å². The molecule has 0 aliphatic heterocycles. The Kier molecular flexibility index (Phi) is 12.0. The monoisotopic (exact) mass is 412 g/mol. The molecule has 0 fully saturated rings. The third-order valence-corrected chi connectivity index (χ3v) is 8.12. The predicted molar refractivity (Wildman–Crippen MR) is 109 cm³/mol. The van der Waals surface area contributed by atoms with Gasteiger partial charge in [0.2, 0.25) is 8.32 Å². The van der Waals surface area contributed by atoms with E-state index in [0.29, 0.717) is 41.5 Å². The minimum absolute atomic E-state index is 0.154. The smallest absolute Gasteiger partial charge is 0.333 e. The second kappa shape index (κ2) is 13.1. The number of ether oxygens (including phenoxy) is 3. The molecule has 0 N–H and O–H groups in total. The van der Waals surface area contributed by atoms with Gasteiger partial charge in [0.15, 0.2) is 0 Å². The van der Waals surface area contributed by atoms with E-state index in [9.17, 15) is 14.4 Å². The summed E-state index contributed by atoms with van der Waals surface area (Å²) in [6.07, 6.45) is 0. The largest absolute Gasteiger partial charge is 0.463 e. The Labute approximate surface area is 168 Å².